The molecule has 1 aliphatic rings. The smallest absolute Gasteiger partial charge is 0.0870 e. The molecule has 1 aromatic carbocycles. The average Bonchev–Trinajstić information content (AvgIpc) is 2.40. The van der Waals surface area contributed by atoms with Crippen molar-refractivity contribution in [2.45, 2.75) is 51.2 Å². The number of rotatable bonds is 3. The standard InChI is InChI=1S/C16H25NO/c1-12-8-10-16(18-3,11-9-12)15(17)14-7-5-4-6-13(14)2/h4-7,12,15H,8-11,17H2,1-3H3. The summed E-state index contributed by atoms with van der Waals surface area (Å²) in [6.45, 7) is 4.45. The van der Waals surface area contributed by atoms with Gasteiger partial charge in [-0.05, 0) is 49.7 Å². The Labute approximate surface area is 111 Å². The van der Waals surface area contributed by atoms with Crippen molar-refractivity contribution in [3.05, 3.63) is 35.4 Å². The van der Waals surface area contributed by atoms with E-state index in [2.05, 4.69) is 38.1 Å². The Kier molecular flexibility index (Phi) is 4.08. The Hall–Kier alpha value is -0.860. The van der Waals surface area contributed by atoms with E-state index in [9.17, 15) is 0 Å². The Morgan fingerprint density at radius 1 is 1.28 bits per heavy atom. The lowest BCUT2D eigenvalue weighted by Crippen LogP contribution is -2.46. The van der Waals surface area contributed by atoms with Gasteiger partial charge in [-0.3, -0.25) is 0 Å². The third-order valence-corrected chi connectivity index (χ3v) is 4.62. The lowest BCUT2D eigenvalue weighted by Gasteiger charge is -2.43. The van der Waals surface area contributed by atoms with E-state index < -0.39 is 0 Å². The minimum absolute atomic E-state index is 0.0174. The summed E-state index contributed by atoms with van der Waals surface area (Å²) < 4.78 is 5.87. The zero-order valence-corrected chi connectivity index (χ0v) is 11.8. The highest BCUT2D eigenvalue weighted by Crippen LogP contribution is 2.42. The van der Waals surface area contributed by atoms with Crippen LogP contribution in [0.5, 0.6) is 0 Å². The van der Waals surface area contributed by atoms with Gasteiger partial charge in [0.2, 0.25) is 0 Å². The molecule has 2 N–H and O–H groups in total. The van der Waals surface area contributed by atoms with Crippen LogP contribution in [0.2, 0.25) is 0 Å². The largest absolute Gasteiger partial charge is 0.376 e. The van der Waals surface area contributed by atoms with E-state index in [-0.39, 0.29) is 11.6 Å². The lowest BCUT2D eigenvalue weighted by molar-refractivity contribution is -0.0673. The summed E-state index contributed by atoms with van der Waals surface area (Å²) in [4.78, 5) is 0. The first-order chi connectivity index (χ1) is 8.59. The van der Waals surface area contributed by atoms with E-state index in [1.807, 2.05) is 7.11 Å². The fraction of sp³-hybridized carbons (Fsp3) is 0.625. The van der Waals surface area contributed by atoms with Gasteiger partial charge < -0.3 is 10.5 Å². The minimum Gasteiger partial charge on any atom is -0.376 e. The van der Waals surface area contributed by atoms with Gasteiger partial charge in [-0.2, -0.15) is 0 Å². The molecule has 18 heavy (non-hydrogen) atoms. The molecule has 100 valence electrons. The lowest BCUT2D eigenvalue weighted by atomic mass is 9.73. The molecule has 2 rings (SSSR count). The van der Waals surface area contributed by atoms with Crippen molar-refractivity contribution >= 4 is 0 Å². The van der Waals surface area contributed by atoms with Crippen LogP contribution in [-0.2, 0) is 4.74 Å². The van der Waals surface area contributed by atoms with Crippen LogP contribution in [0.1, 0.15) is 49.8 Å². The van der Waals surface area contributed by atoms with E-state index in [1.54, 1.807) is 0 Å². The molecule has 1 unspecified atom stereocenters. The number of hydrogen-bond donors (Lipinski definition) is 1. The van der Waals surface area contributed by atoms with Crippen LogP contribution in [0.15, 0.2) is 24.3 Å². The molecule has 1 saturated carbocycles. The molecule has 0 aromatic heterocycles. The third-order valence-electron chi connectivity index (χ3n) is 4.62. The molecular weight excluding hydrogens is 222 g/mol. The second-order valence-corrected chi connectivity index (χ2v) is 5.79. The van der Waals surface area contributed by atoms with Crippen molar-refractivity contribution in [1.82, 2.24) is 0 Å². The second kappa shape index (κ2) is 5.41. The Morgan fingerprint density at radius 2 is 1.89 bits per heavy atom. The first-order valence-electron chi connectivity index (χ1n) is 6.95. The normalized spacial score (nSPS) is 30.1. The molecular formula is C16H25NO. The van der Waals surface area contributed by atoms with Gasteiger partial charge in [-0.1, -0.05) is 31.2 Å². The highest BCUT2D eigenvalue weighted by atomic mass is 16.5. The van der Waals surface area contributed by atoms with E-state index >= 15 is 0 Å². The van der Waals surface area contributed by atoms with Gasteiger partial charge >= 0.3 is 0 Å². The molecule has 0 spiro atoms. The van der Waals surface area contributed by atoms with Crippen molar-refractivity contribution in [3.63, 3.8) is 0 Å². The predicted molar refractivity (Wildman–Crippen MR) is 75.5 cm³/mol. The molecule has 1 atom stereocenters. The van der Waals surface area contributed by atoms with Gasteiger partial charge in [0.05, 0.1) is 11.6 Å². The average molecular weight is 247 g/mol. The molecule has 0 aliphatic heterocycles. The Balaban J connectivity index is 2.25. The molecule has 0 amide bonds. The molecule has 1 aromatic rings. The van der Waals surface area contributed by atoms with Crippen molar-refractivity contribution in [2.24, 2.45) is 11.7 Å². The zero-order chi connectivity index (χ0) is 13.2. The summed E-state index contributed by atoms with van der Waals surface area (Å²) >= 11 is 0. The van der Waals surface area contributed by atoms with Crippen molar-refractivity contribution < 1.29 is 4.74 Å². The maximum Gasteiger partial charge on any atom is 0.0870 e. The van der Waals surface area contributed by atoms with Crippen molar-refractivity contribution in [2.75, 3.05) is 7.11 Å². The van der Waals surface area contributed by atoms with E-state index in [4.69, 9.17) is 10.5 Å². The molecule has 0 heterocycles. The summed E-state index contributed by atoms with van der Waals surface area (Å²) in [5, 5.41) is 0. The van der Waals surface area contributed by atoms with Gasteiger partial charge in [0.25, 0.3) is 0 Å². The van der Waals surface area contributed by atoms with Gasteiger partial charge in [-0.15, -0.1) is 0 Å². The molecule has 0 bridgehead atoms. The van der Waals surface area contributed by atoms with Crippen LogP contribution in [-0.4, -0.2) is 12.7 Å². The van der Waals surface area contributed by atoms with E-state index in [1.165, 1.54) is 24.0 Å². The van der Waals surface area contributed by atoms with Crippen LogP contribution >= 0.6 is 0 Å². The second-order valence-electron chi connectivity index (χ2n) is 5.79. The molecule has 1 aliphatic carbocycles. The van der Waals surface area contributed by atoms with E-state index in [0.717, 1.165) is 18.8 Å². The van der Waals surface area contributed by atoms with E-state index in [0.29, 0.717) is 0 Å². The van der Waals surface area contributed by atoms with Crippen molar-refractivity contribution in [3.8, 4) is 0 Å². The first-order valence-corrected chi connectivity index (χ1v) is 6.95. The first kappa shape index (κ1) is 13.6. The number of aryl methyl sites for hydroxylation is 1. The highest BCUT2D eigenvalue weighted by Gasteiger charge is 2.40. The quantitative estimate of drug-likeness (QED) is 0.886. The summed E-state index contributed by atoms with van der Waals surface area (Å²) in [7, 11) is 1.81. The highest BCUT2D eigenvalue weighted by molar-refractivity contribution is 5.30. The fourth-order valence-corrected chi connectivity index (χ4v) is 3.11. The predicted octanol–water partition coefficient (Wildman–Crippen LogP) is 3.59. The number of ether oxygens (including phenoxy) is 1. The molecule has 0 radical (unpaired) electrons. The maximum atomic E-state index is 6.54. The molecule has 0 saturated heterocycles. The third kappa shape index (κ3) is 2.45. The number of hydrogen-bond acceptors (Lipinski definition) is 2. The number of methoxy groups -OCH3 is 1. The summed E-state index contributed by atoms with van der Waals surface area (Å²) in [6.07, 6.45) is 4.57. The van der Waals surface area contributed by atoms with Crippen LogP contribution in [0.25, 0.3) is 0 Å². The SMILES string of the molecule is COC1(C(N)c2ccccc2C)CCC(C)CC1. The monoisotopic (exact) mass is 247 g/mol. The molecule has 1 fully saturated rings. The Morgan fingerprint density at radius 3 is 2.44 bits per heavy atom. The van der Waals surface area contributed by atoms with Gasteiger partial charge in [-0.25, -0.2) is 0 Å². The van der Waals surface area contributed by atoms with Gasteiger partial charge in [0.1, 0.15) is 0 Å². The number of nitrogens with two attached hydrogens (primary N) is 1. The zero-order valence-electron chi connectivity index (χ0n) is 11.8. The molecule has 2 nitrogen and oxygen atoms in total. The van der Waals surface area contributed by atoms with Crippen molar-refractivity contribution in [1.29, 1.82) is 0 Å². The fourth-order valence-electron chi connectivity index (χ4n) is 3.11. The number of benzene rings is 1. The van der Waals surface area contributed by atoms with Crippen LogP contribution in [0, 0.1) is 12.8 Å². The summed E-state index contributed by atoms with van der Waals surface area (Å²) in [6, 6.07) is 8.38. The summed E-state index contributed by atoms with van der Waals surface area (Å²) in [5.74, 6) is 0.803. The maximum absolute atomic E-state index is 6.54. The minimum atomic E-state index is -0.168. The molecule has 2 heteroatoms. The van der Waals surface area contributed by atoms with Crippen LogP contribution < -0.4 is 5.73 Å². The van der Waals surface area contributed by atoms with Crippen LogP contribution in [0.3, 0.4) is 0 Å². The topological polar surface area (TPSA) is 35.2 Å². The Bertz CT molecular complexity index is 394. The van der Waals surface area contributed by atoms with Gasteiger partial charge in [0.15, 0.2) is 0 Å². The summed E-state index contributed by atoms with van der Waals surface area (Å²) in [5.41, 5.74) is 8.86. The van der Waals surface area contributed by atoms with Gasteiger partial charge in [0, 0.05) is 7.11 Å². The van der Waals surface area contributed by atoms with Crippen LogP contribution in [0.4, 0.5) is 0 Å².